The lowest BCUT2D eigenvalue weighted by molar-refractivity contribution is -0.177. The number of nitrogens with zero attached hydrogens (tertiary/aromatic N) is 1. The molecule has 1 aromatic carbocycles. The number of carbonyl (C=O) groups is 1. The van der Waals surface area contributed by atoms with Gasteiger partial charge in [-0.25, -0.2) is 4.79 Å². The van der Waals surface area contributed by atoms with Gasteiger partial charge in [-0.2, -0.15) is 0 Å². The Hall–Kier alpha value is -2.62. The van der Waals surface area contributed by atoms with Gasteiger partial charge in [-0.15, -0.1) is 0 Å². The van der Waals surface area contributed by atoms with E-state index in [0.29, 0.717) is 0 Å². The predicted octanol–water partition coefficient (Wildman–Crippen LogP) is 6.22. The van der Waals surface area contributed by atoms with E-state index < -0.39 is 63.8 Å². The number of hydrogen-bond acceptors (Lipinski definition) is 8. The summed E-state index contributed by atoms with van der Waals surface area (Å²) in [6, 6.07) is 10.8. The third kappa shape index (κ3) is 6.70. The maximum atomic E-state index is 13.7. The third-order valence-corrected chi connectivity index (χ3v) is 19.4. The van der Waals surface area contributed by atoms with Crippen LogP contribution in [0.5, 0.6) is 0 Å². The highest BCUT2D eigenvalue weighted by molar-refractivity contribution is 6.84. The number of aromatic nitrogens is 2. The largest absolute Gasteiger partial charge is 0.454 e. The fourth-order valence-electron chi connectivity index (χ4n) is 6.54. The fourth-order valence-corrected chi connectivity index (χ4v) is 17.7. The van der Waals surface area contributed by atoms with Crippen molar-refractivity contribution in [3.05, 3.63) is 75.1 Å². The lowest BCUT2D eigenvalue weighted by Gasteiger charge is -2.51. The molecule has 0 aliphatic carbocycles. The highest BCUT2D eigenvalue weighted by Gasteiger charge is 2.66. The zero-order valence-corrected chi connectivity index (χ0v) is 31.2. The molecule has 12 heteroatoms. The molecule has 4 rings (SSSR count). The maximum Gasteiger partial charge on any atom is 0.335 e. The summed E-state index contributed by atoms with van der Waals surface area (Å²) in [5.41, 5.74) is -2.78. The van der Waals surface area contributed by atoms with Crippen LogP contribution in [0.1, 0.15) is 81.7 Å². The Morgan fingerprint density at radius 3 is 2.07 bits per heavy atom. The molecule has 0 amide bonds. The van der Waals surface area contributed by atoms with E-state index in [1.54, 1.807) is 26.8 Å². The van der Waals surface area contributed by atoms with Crippen LogP contribution in [0.3, 0.4) is 0 Å². The summed E-state index contributed by atoms with van der Waals surface area (Å²) in [5.74, 6) is -0.487. The van der Waals surface area contributed by atoms with Crippen LogP contribution in [0.25, 0.3) is 6.08 Å². The summed E-state index contributed by atoms with van der Waals surface area (Å²) in [5, 5.41) is 0. The first-order valence-corrected chi connectivity index (χ1v) is 20.3. The normalized spacial score (nSPS) is 26.5. The molecular formula is C34H52N2O8Si2. The maximum absolute atomic E-state index is 13.7. The molecule has 0 spiro atoms. The Labute approximate surface area is 275 Å². The molecule has 0 unspecified atom stereocenters. The third-order valence-electron chi connectivity index (χ3n) is 9.11. The van der Waals surface area contributed by atoms with E-state index in [0.717, 1.165) is 5.56 Å². The van der Waals surface area contributed by atoms with E-state index in [1.165, 1.54) is 16.8 Å². The van der Waals surface area contributed by atoms with Crippen molar-refractivity contribution in [2.75, 3.05) is 6.61 Å². The molecule has 0 saturated carbocycles. The molecule has 10 nitrogen and oxygen atoms in total. The molecule has 1 aromatic heterocycles. The number of carbonyl (C=O) groups excluding carboxylic acids is 1. The summed E-state index contributed by atoms with van der Waals surface area (Å²) in [6.07, 6.45) is 2.19. The van der Waals surface area contributed by atoms with Crippen LogP contribution >= 0.6 is 0 Å². The molecule has 46 heavy (non-hydrogen) atoms. The van der Waals surface area contributed by atoms with Crippen molar-refractivity contribution in [2.45, 2.75) is 122 Å². The molecule has 0 bridgehead atoms. The van der Waals surface area contributed by atoms with Crippen molar-refractivity contribution >= 4 is 29.2 Å². The van der Waals surface area contributed by atoms with E-state index in [-0.39, 0.29) is 28.8 Å². The van der Waals surface area contributed by atoms with Gasteiger partial charge in [-0.1, -0.05) is 91.8 Å². The van der Waals surface area contributed by atoms with Gasteiger partial charge >= 0.3 is 28.8 Å². The van der Waals surface area contributed by atoms with Gasteiger partial charge in [0.2, 0.25) is 5.72 Å². The van der Waals surface area contributed by atoms with Gasteiger partial charge in [0.15, 0.2) is 6.10 Å². The van der Waals surface area contributed by atoms with Crippen molar-refractivity contribution in [1.82, 2.24) is 9.55 Å². The highest BCUT2D eigenvalue weighted by Crippen LogP contribution is 2.50. The van der Waals surface area contributed by atoms with Gasteiger partial charge in [-0.05, 0) is 54.6 Å². The van der Waals surface area contributed by atoms with E-state index in [4.69, 9.17) is 22.4 Å². The number of benzene rings is 1. The Kier molecular flexibility index (Phi) is 10.6. The molecule has 1 N–H and O–H groups in total. The van der Waals surface area contributed by atoms with Crippen LogP contribution < -0.4 is 11.2 Å². The number of esters is 1. The first-order chi connectivity index (χ1) is 21.4. The van der Waals surface area contributed by atoms with Crippen molar-refractivity contribution < 1.29 is 27.2 Å². The molecule has 2 fully saturated rings. The van der Waals surface area contributed by atoms with E-state index >= 15 is 0 Å². The van der Waals surface area contributed by atoms with Gasteiger partial charge in [0.25, 0.3) is 5.56 Å². The molecule has 2 aliphatic heterocycles. The number of aromatic amines is 1. The van der Waals surface area contributed by atoms with Crippen molar-refractivity contribution in [1.29, 1.82) is 0 Å². The van der Waals surface area contributed by atoms with E-state index in [1.807, 2.05) is 36.4 Å². The monoisotopic (exact) mass is 672 g/mol. The Morgan fingerprint density at radius 2 is 1.54 bits per heavy atom. The van der Waals surface area contributed by atoms with Crippen LogP contribution in [0.15, 0.2) is 58.3 Å². The first kappa shape index (κ1) is 36.2. The summed E-state index contributed by atoms with van der Waals surface area (Å²) in [6.45, 7) is 22.4. The quantitative estimate of drug-likeness (QED) is 0.260. The highest BCUT2D eigenvalue weighted by atomic mass is 28.5. The predicted molar refractivity (Wildman–Crippen MR) is 183 cm³/mol. The molecule has 2 aromatic rings. The summed E-state index contributed by atoms with van der Waals surface area (Å²) < 4.78 is 36.4. The van der Waals surface area contributed by atoms with Crippen molar-refractivity contribution in [2.24, 2.45) is 5.41 Å². The summed E-state index contributed by atoms with van der Waals surface area (Å²) >= 11 is 0. The first-order valence-electron chi connectivity index (χ1n) is 16.4. The van der Waals surface area contributed by atoms with Gasteiger partial charge in [0, 0.05) is 12.3 Å². The Bertz CT molecular complexity index is 1500. The van der Waals surface area contributed by atoms with E-state index in [2.05, 4.69) is 60.4 Å². The lowest BCUT2D eigenvalue weighted by atomic mass is 9.95. The second-order valence-corrected chi connectivity index (χ2v) is 23.6. The molecule has 0 radical (unpaired) electrons. The molecule has 4 atom stereocenters. The number of H-pyrrole nitrogens is 1. The van der Waals surface area contributed by atoms with Crippen LogP contribution in [0.2, 0.25) is 22.2 Å². The van der Waals surface area contributed by atoms with Crippen LogP contribution in [-0.2, 0) is 33.0 Å². The second kappa shape index (κ2) is 13.5. The number of nitrogens with one attached hydrogen (secondary N) is 1. The smallest absolute Gasteiger partial charge is 0.335 e. The SMILES string of the molecule is CC(C)[Si]1(C(C)C)OC[C@H]2O[C@@](/C=C/c3ccccc3)(n3ccc(=O)[nH]c3=O)[C@@H](OC(=O)C(C)(C)C)[C@@H]2O[Si](C(C)C)(C(C)C)O1. The average molecular weight is 673 g/mol. The van der Waals surface area contributed by atoms with Crippen molar-refractivity contribution in [3.8, 4) is 0 Å². The van der Waals surface area contributed by atoms with E-state index in [9.17, 15) is 14.4 Å². The van der Waals surface area contributed by atoms with Gasteiger partial charge in [0.1, 0.15) is 12.2 Å². The van der Waals surface area contributed by atoms with Crippen LogP contribution in [-0.4, -0.2) is 57.6 Å². The Morgan fingerprint density at radius 1 is 0.957 bits per heavy atom. The van der Waals surface area contributed by atoms with Crippen molar-refractivity contribution in [3.63, 3.8) is 0 Å². The Balaban J connectivity index is 2.03. The molecule has 3 heterocycles. The minimum Gasteiger partial charge on any atom is -0.454 e. The topological polar surface area (TPSA) is 118 Å². The molecule has 2 saturated heterocycles. The zero-order chi connectivity index (χ0) is 34.2. The lowest BCUT2D eigenvalue weighted by Crippen LogP contribution is -2.66. The van der Waals surface area contributed by atoms with Gasteiger partial charge < -0.3 is 22.4 Å². The minimum atomic E-state index is -3.18. The zero-order valence-electron chi connectivity index (χ0n) is 29.2. The average Bonchev–Trinajstić information content (AvgIpc) is 3.23. The second-order valence-electron chi connectivity index (χ2n) is 14.8. The number of fused-ring (bicyclic) bond motifs is 1. The van der Waals surface area contributed by atoms with Crippen LogP contribution in [0, 0.1) is 5.41 Å². The number of ether oxygens (including phenoxy) is 2. The number of rotatable bonds is 8. The standard InChI is InChI=1S/C34H52N2O8Si2/c1-22(2)45(23(3)4)40-21-27-29(43-46(44-45,24(5)6)25(7)8)30(41-31(38)33(9,10)11)34(42-27,19-17-26-15-13-12-14-16-26)36-20-18-28(37)35-32(36)39/h12-20,22-25,27,29-30H,21H2,1-11H3,(H,35,37,39)/b19-17+/t27-,29-,30+,34-/m1/s1. The van der Waals surface area contributed by atoms with Crippen LogP contribution in [0.4, 0.5) is 0 Å². The molecule has 2 aliphatic rings. The number of hydrogen-bond donors (Lipinski definition) is 1. The summed E-state index contributed by atoms with van der Waals surface area (Å²) in [7, 11) is -6.11. The fraction of sp³-hybridized carbons (Fsp3) is 0.618. The molecular weight excluding hydrogens is 621 g/mol. The summed E-state index contributed by atoms with van der Waals surface area (Å²) in [4.78, 5) is 42.0. The van der Waals surface area contributed by atoms with Gasteiger partial charge in [0.05, 0.1) is 12.0 Å². The van der Waals surface area contributed by atoms with Gasteiger partial charge in [-0.3, -0.25) is 19.1 Å². The minimum absolute atomic E-state index is 0.00357. The molecule has 254 valence electrons.